The van der Waals surface area contributed by atoms with Crippen LogP contribution in [0.1, 0.15) is 11.1 Å². The first kappa shape index (κ1) is 14.1. The number of nitro benzene ring substituents is 1. The van der Waals surface area contributed by atoms with Crippen LogP contribution in [0.15, 0.2) is 48.8 Å². The molecule has 0 fully saturated rings. The number of nitrogens with zero attached hydrogens (tertiary/aromatic N) is 2. The van der Waals surface area contributed by atoms with E-state index in [-0.39, 0.29) is 10.6 Å². The molecule has 2 rings (SSSR count). The van der Waals surface area contributed by atoms with Crippen molar-refractivity contribution in [2.24, 2.45) is 0 Å². The van der Waals surface area contributed by atoms with Crippen molar-refractivity contribution in [1.29, 1.82) is 0 Å². The average molecular weight is 271 g/mol. The summed E-state index contributed by atoms with van der Waals surface area (Å²) in [7, 11) is 0. The lowest BCUT2D eigenvalue weighted by molar-refractivity contribution is -0.384. The second kappa shape index (κ2) is 7.35. The normalized spacial score (nSPS) is 10.4. The second-order valence-corrected chi connectivity index (χ2v) is 4.53. The number of pyridine rings is 1. The third-order valence-electron chi connectivity index (χ3n) is 3.08. The second-order valence-electron chi connectivity index (χ2n) is 4.53. The van der Waals surface area contributed by atoms with Crippen molar-refractivity contribution in [3.05, 3.63) is 70.0 Å². The molecule has 1 heterocycles. The highest BCUT2D eigenvalue weighted by atomic mass is 16.6. The van der Waals surface area contributed by atoms with Crippen molar-refractivity contribution in [3.8, 4) is 0 Å². The number of nitro groups is 1. The summed E-state index contributed by atoms with van der Waals surface area (Å²) in [5, 5.41) is 13.9. The Bertz CT molecular complexity index is 541. The van der Waals surface area contributed by atoms with Gasteiger partial charge in [-0.15, -0.1) is 0 Å². The van der Waals surface area contributed by atoms with Crippen LogP contribution in [0.25, 0.3) is 0 Å². The molecule has 5 heteroatoms. The van der Waals surface area contributed by atoms with Gasteiger partial charge < -0.3 is 5.32 Å². The van der Waals surface area contributed by atoms with Crippen LogP contribution in [0.4, 0.5) is 5.69 Å². The van der Waals surface area contributed by atoms with E-state index in [1.807, 2.05) is 24.3 Å². The summed E-state index contributed by atoms with van der Waals surface area (Å²) in [6.07, 6.45) is 5.44. The van der Waals surface area contributed by atoms with E-state index in [0.717, 1.165) is 31.5 Å². The van der Waals surface area contributed by atoms with E-state index >= 15 is 0 Å². The fourth-order valence-corrected chi connectivity index (χ4v) is 1.92. The Hall–Kier alpha value is -2.27. The molecule has 0 saturated carbocycles. The number of hydrogen-bond acceptors (Lipinski definition) is 4. The predicted octanol–water partition coefficient (Wildman–Crippen LogP) is 2.36. The van der Waals surface area contributed by atoms with E-state index in [0.29, 0.717) is 0 Å². The topological polar surface area (TPSA) is 68.1 Å². The molecule has 104 valence electrons. The van der Waals surface area contributed by atoms with Gasteiger partial charge in [-0.1, -0.05) is 12.1 Å². The van der Waals surface area contributed by atoms with Crippen molar-refractivity contribution >= 4 is 5.69 Å². The summed E-state index contributed by atoms with van der Waals surface area (Å²) in [4.78, 5) is 14.1. The smallest absolute Gasteiger partial charge is 0.269 e. The number of aromatic nitrogens is 1. The number of rotatable bonds is 7. The molecule has 0 saturated heterocycles. The minimum atomic E-state index is -0.378. The highest BCUT2D eigenvalue weighted by Gasteiger charge is 2.03. The molecule has 20 heavy (non-hydrogen) atoms. The molecule has 0 bridgehead atoms. The van der Waals surface area contributed by atoms with Crippen molar-refractivity contribution < 1.29 is 4.92 Å². The summed E-state index contributed by atoms with van der Waals surface area (Å²) in [5.41, 5.74) is 2.51. The lowest BCUT2D eigenvalue weighted by atomic mass is 10.1. The zero-order valence-corrected chi connectivity index (χ0v) is 11.2. The standard InChI is InChI=1S/C15H17N3O2/c19-18(20)15-3-1-13(2-4-15)5-9-16-10-6-14-7-11-17-12-8-14/h1-4,7-8,11-12,16H,5-6,9-10H2. The predicted molar refractivity (Wildman–Crippen MR) is 77.6 cm³/mol. The molecule has 0 radical (unpaired) electrons. The highest BCUT2D eigenvalue weighted by Crippen LogP contribution is 2.11. The maximum Gasteiger partial charge on any atom is 0.269 e. The first-order valence-corrected chi connectivity index (χ1v) is 6.58. The van der Waals surface area contributed by atoms with Gasteiger partial charge in [0, 0.05) is 24.5 Å². The maximum absolute atomic E-state index is 10.5. The van der Waals surface area contributed by atoms with Crippen LogP contribution in [0.2, 0.25) is 0 Å². The van der Waals surface area contributed by atoms with Crippen LogP contribution in [0.3, 0.4) is 0 Å². The molecule has 1 aromatic carbocycles. The number of non-ortho nitro benzene ring substituents is 1. The molecule has 0 spiro atoms. The first-order valence-electron chi connectivity index (χ1n) is 6.58. The van der Waals surface area contributed by atoms with Gasteiger partial charge in [0.2, 0.25) is 0 Å². The van der Waals surface area contributed by atoms with Gasteiger partial charge in [0.25, 0.3) is 5.69 Å². The number of hydrogen-bond donors (Lipinski definition) is 1. The molecule has 0 aliphatic heterocycles. The monoisotopic (exact) mass is 271 g/mol. The molecule has 0 aliphatic carbocycles. The Kier molecular flexibility index (Phi) is 5.20. The van der Waals surface area contributed by atoms with Crippen molar-refractivity contribution in [3.63, 3.8) is 0 Å². The third kappa shape index (κ3) is 4.44. The van der Waals surface area contributed by atoms with Crippen LogP contribution < -0.4 is 5.32 Å². The lowest BCUT2D eigenvalue weighted by Gasteiger charge is -2.05. The molecule has 0 amide bonds. The SMILES string of the molecule is O=[N+]([O-])c1ccc(CCNCCc2ccncc2)cc1. The van der Waals surface area contributed by atoms with E-state index in [1.54, 1.807) is 24.5 Å². The van der Waals surface area contributed by atoms with Crippen molar-refractivity contribution in [1.82, 2.24) is 10.3 Å². The zero-order valence-electron chi connectivity index (χ0n) is 11.2. The van der Waals surface area contributed by atoms with Gasteiger partial charge in [-0.25, -0.2) is 0 Å². The van der Waals surface area contributed by atoms with Crippen LogP contribution in [0, 0.1) is 10.1 Å². The van der Waals surface area contributed by atoms with Gasteiger partial charge in [-0.05, 0) is 49.2 Å². The minimum Gasteiger partial charge on any atom is -0.316 e. The van der Waals surface area contributed by atoms with E-state index in [4.69, 9.17) is 0 Å². The van der Waals surface area contributed by atoms with E-state index in [9.17, 15) is 10.1 Å². The lowest BCUT2D eigenvalue weighted by Crippen LogP contribution is -2.20. The van der Waals surface area contributed by atoms with Gasteiger partial charge in [-0.2, -0.15) is 0 Å². The summed E-state index contributed by atoms with van der Waals surface area (Å²) in [5.74, 6) is 0. The fraction of sp³-hybridized carbons (Fsp3) is 0.267. The zero-order chi connectivity index (χ0) is 14.2. The number of benzene rings is 1. The van der Waals surface area contributed by atoms with Gasteiger partial charge in [0.1, 0.15) is 0 Å². The molecular weight excluding hydrogens is 254 g/mol. The summed E-state index contributed by atoms with van der Waals surface area (Å²) in [6, 6.07) is 10.7. The van der Waals surface area contributed by atoms with Gasteiger partial charge >= 0.3 is 0 Å². The molecule has 0 unspecified atom stereocenters. The van der Waals surface area contributed by atoms with Gasteiger partial charge in [0.15, 0.2) is 0 Å². The average Bonchev–Trinajstić information content (AvgIpc) is 2.48. The molecular formula is C15H17N3O2. The molecule has 2 aromatic rings. The Labute approximate surface area is 117 Å². The summed E-state index contributed by atoms with van der Waals surface area (Å²) in [6.45, 7) is 1.78. The molecule has 1 aromatic heterocycles. The highest BCUT2D eigenvalue weighted by molar-refractivity contribution is 5.32. The fourth-order valence-electron chi connectivity index (χ4n) is 1.92. The van der Waals surface area contributed by atoms with Gasteiger partial charge in [0.05, 0.1) is 4.92 Å². The van der Waals surface area contributed by atoms with Crippen LogP contribution >= 0.6 is 0 Å². The Morgan fingerprint density at radius 3 is 2.05 bits per heavy atom. The molecule has 0 aliphatic rings. The number of nitrogens with one attached hydrogen (secondary N) is 1. The third-order valence-corrected chi connectivity index (χ3v) is 3.08. The largest absolute Gasteiger partial charge is 0.316 e. The van der Waals surface area contributed by atoms with Crippen LogP contribution in [-0.4, -0.2) is 23.0 Å². The minimum absolute atomic E-state index is 0.138. The van der Waals surface area contributed by atoms with Gasteiger partial charge in [-0.3, -0.25) is 15.1 Å². The molecule has 0 atom stereocenters. The summed E-state index contributed by atoms with van der Waals surface area (Å²) >= 11 is 0. The molecule has 5 nitrogen and oxygen atoms in total. The quantitative estimate of drug-likeness (QED) is 0.477. The summed E-state index contributed by atoms with van der Waals surface area (Å²) < 4.78 is 0. The van der Waals surface area contributed by atoms with Crippen LogP contribution in [-0.2, 0) is 12.8 Å². The van der Waals surface area contributed by atoms with Crippen molar-refractivity contribution in [2.45, 2.75) is 12.8 Å². The maximum atomic E-state index is 10.5. The Balaban J connectivity index is 1.67. The molecule has 1 N–H and O–H groups in total. The van der Waals surface area contributed by atoms with Crippen molar-refractivity contribution in [2.75, 3.05) is 13.1 Å². The van der Waals surface area contributed by atoms with E-state index in [2.05, 4.69) is 10.3 Å². The Morgan fingerprint density at radius 2 is 1.50 bits per heavy atom. The Morgan fingerprint density at radius 1 is 0.950 bits per heavy atom. The van der Waals surface area contributed by atoms with E-state index < -0.39 is 0 Å². The van der Waals surface area contributed by atoms with Crippen LogP contribution in [0.5, 0.6) is 0 Å². The van der Waals surface area contributed by atoms with E-state index in [1.165, 1.54) is 5.56 Å². The first-order chi connectivity index (χ1) is 9.75.